The fraction of sp³-hybridized carbons (Fsp3) is 0.500. The Kier molecular flexibility index (Phi) is 9.98. The molecule has 0 aliphatic heterocycles. The monoisotopic (exact) mass is 481 g/mol. The number of alkyl carbamates (subject to hydrolysis) is 1. The van der Waals surface area contributed by atoms with E-state index in [9.17, 15) is 14.4 Å². The summed E-state index contributed by atoms with van der Waals surface area (Å²) in [7, 11) is 0. The van der Waals surface area contributed by atoms with Crippen molar-refractivity contribution in [1.82, 2.24) is 15.5 Å². The van der Waals surface area contributed by atoms with Gasteiger partial charge in [0.25, 0.3) is 5.91 Å². The molecular weight excluding hydrogens is 450 g/mol. The number of carbonyl (C=O) groups excluding carboxylic acids is 2. The Bertz CT molecular complexity index is 848. The Labute approximate surface area is 196 Å². The first-order chi connectivity index (χ1) is 15.1. The molecule has 32 heavy (non-hydrogen) atoms. The van der Waals surface area contributed by atoms with E-state index in [1.807, 2.05) is 29.0 Å². The lowest BCUT2D eigenvalue weighted by atomic mass is 10.1. The molecule has 1 atom stereocenters. The maximum Gasteiger partial charge on any atom is 0.407 e. The number of carboxylic acid groups (broad SMARTS) is 1. The first-order valence-corrected chi connectivity index (χ1v) is 12.2. The van der Waals surface area contributed by atoms with Gasteiger partial charge in [0.1, 0.15) is 5.60 Å². The van der Waals surface area contributed by atoms with E-state index in [2.05, 4.69) is 10.6 Å². The van der Waals surface area contributed by atoms with Gasteiger partial charge in [-0.1, -0.05) is 12.1 Å². The van der Waals surface area contributed by atoms with Crippen LogP contribution in [0.5, 0.6) is 0 Å². The van der Waals surface area contributed by atoms with Gasteiger partial charge < -0.3 is 25.4 Å². The standard InChI is InChI=1S/C22H31N3O5S2/c1-22(2,3)30-21(29)24-16(8-4-5-11-23-20(27)28)14-25(15-17-9-6-12-31-17)19(26)18-10-7-13-32-18/h6-7,9-10,12-13,16,23H,4-5,8,11,14-15H2,1-3H3,(H,24,29)(H,27,28)/t16-/m0/s1. The lowest BCUT2D eigenvalue weighted by Gasteiger charge is -2.29. The molecule has 2 aromatic rings. The summed E-state index contributed by atoms with van der Waals surface area (Å²) in [6.45, 7) is 6.48. The maximum absolute atomic E-state index is 13.2. The summed E-state index contributed by atoms with van der Waals surface area (Å²) < 4.78 is 5.41. The van der Waals surface area contributed by atoms with Crippen molar-refractivity contribution in [2.75, 3.05) is 13.1 Å². The number of nitrogens with one attached hydrogen (secondary N) is 2. The summed E-state index contributed by atoms with van der Waals surface area (Å²) in [6, 6.07) is 7.22. The molecule has 0 bridgehead atoms. The first kappa shape index (κ1) is 25.7. The van der Waals surface area contributed by atoms with Gasteiger partial charge in [-0.3, -0.25) is 4.79 Å². The summed E-state index contributed by atoms with van der Waals surface area (Å²) in [6.07, 6.45) is 0.297. The molecule has 0 fully saturated rings. The van der Waals surface area contributed by atoms with Crippen LogP contribution in [0.3, 0.4) is 0 Å². The van der Waals surface area contributed by atoms with Crippen molar-refractivity contribution in [2.24, 2.45) is 0 Å². The van der Waals surface area contributed by atoms with Crippen molar-refractivity contribution in [3.63, 3.8) is 0 Å². The average Bonchev–Trinajstić information content (AvgIpc) is 3.38. The molecule has 0 saturated carbocycles. The molecule has 2 aromatic heterocycles. The molecule has 0 saturated heterocycles. The van der Waals surface area contributed by atoms with E-state index in [0.717, 1.165) is 4.88 Å². The van der Waals surface area contributed by atoms with Crippen LogP contribution in [0.4, 0.5) is 9.59 Å². The van der Waals surface area contributed by atoms with Gasteiger partial charge in [-0.25, -0.2) is 9.59 Å². The molecule has 0 unspecified atom stereocenters. The summed E-state index contributed by atoms with van der Waals surface area (Å²) >= 11 is 2.96. The van der Waals surface area contributed by atoms with Crippen molar-refractivity contribution in [1.29, 1.82) is 0 Å². The molecule has 0 aromatic carbocycles. The van der Waals surface area contributed by atoms with Gasteiger partial charge in [0, 0.05) is 24.0 Å². The smallest absolute Gasteiger partial charge is 0.407 e. The van der Waals surface area contributed by atoms with Gasteiger partial charge >= 0.3 is 12.2 Å². The second-order valence-electron chi connectivity index (χ2n) is 8.31. The molecule has 0 aliphatic carbocycles. The zero-order valence-corrected chi connectivity index (χ0v) is 20.3. The van der Waals surface area contributed by atoms with Crippen molar-refractivity contribution in [2.45, 2.75) is 58.2 Å². The van der Waals surface area contributed by atoms with Gasteiger partial charge in [0.2, 0.25) is 0 Å². The molecule has 176 valence electrons. The minimum Gasteiger partial charge on any atom is -0.465 e. The van der Waals surface area contributed by atoms with Gasteiger partial charge in [0.15, 0.2) is 0 Å². The predicted octanol–water partition coefficient (Wildman–Crippen LogP) is 4.78. The minimum atomic E-state index is -1.06. The first-order valence-electron chi connectivity index (χ1n) is 10.5. The van der Waals surface area contributed by atoms with E-state index < -0.39 is 17.8 Å². The summed E-state index contributed by atoms with van der Waals surface area (Å²) in [5.74, 6) is -0.0862. The third-order valence-corrected chi connectivity index (χ3v) is 6.08. The van der Waals surface area contributed by atoms with Crippen molar-refractivity contribution < 1.29 is 24.2 Å². The largest absolute Gasteiger partial charge is 0.465 e. The molecular formula is C22H31N3O5S2. The number of rotatable bonds is 11. The topological polar surface area (TPSA) is 108 Å². The van der Waals surface area contributed by atoms with E-state index in [1.165, 1.54) is 11.3 Å². The number of unbranched alkanes of at least 4 members (excludes halogenated alkanes) is 1. The van der Waals surface area contributed by atoms with Crippen LogP contribution in [0.2, 0.25) is 0 Å². The van der Waals surface area contributed by atoms with Crippen LogP contribution in [0.15, 0.2) is 35.0 Å². The molecule has 0 radical (unpaired) electrons. The van der Waals surface area contributed by atoms with Gasteiger partial charge in [0.05, 0.1) is 11.4 Å². The van der Waals surface area contributed by atoms with Crippen LogP contribution in [0, 0.1) is 0 Å². The predicted molar refractivity (Wildman–Crippen MR) is 126 cm³/mol. The maximum atomic E-state index is 13.2. The second kappa shape index (κ2) is 12.4. The third-order valence-electron chi connectivity index (χ3n) is 4.36. The van der Waals surface area contributed by atoms with E-state index >= 15 is 0 Å². The highest BCUT2D eigenvalue weighted by Gasteiger charge is 2.25. The van der Waals surface area contributed by atoms with E-state index in [4.69, 9.17) is 9.84 Å². The number of carbonyl (C=O) groups is 3. The highest BCUT2D eigenvalue weighted by molar-refractivity contribution is 7.12. The molecule has 0 aliphatic rings. The van der Waals surface area contributed by atoms with Gasteiger partial charge in [-0.2, -0.15) is 0 Å². The number of thiophene rings is 2. The van der Waals surface area contributed by atoms with Gasteiger partial charge in [-0.15, -0.1) is 22.7 Å². The average molecular weight is 482 g/mol. The van der Waals surface area contributed by atoms with Crippen molar-refractivity contribution >= 4 is 40.8 Å². The SMILES string of the molecule is CC(C)(C)OC(=O)N[C@@H](CCCCNC(=O)O)CN(Cc1cccs1)C(=O)c1cccs1. The highest BCUT2D eigenvalue weighted by atomic mass is 32.1. The van der Waals surface area contributed by atoms with E-state index in [-0.39, 0.29) is 11.9 Å². The van der Waals surface area contributed by atoms with Crippen LogP contribution in [-0.4, -0.2) is 52.8 Å². The van der Waals surface area contributed by atoms with Crippen molar-refractivity contribution in [3.05, 3.63) is 44.8 Å². The van der Waals surface area contributed by atoms with E-state index in [0.29, 0.717) is 43.8 Å². The fourth-order valence-electron chi connectivity index (χ4n) is 3.03. The zero-order valence-electron chi connectivity index (χ0n) is 18.6. The molecule has 2 rings (SSSR count). The minimum absolute atomic E-state index is 0.0862. The number of nitrogens with zero attached hydrogens (tertiary/aromatic N) is 1. The Morgan fingerprint density at radius 3 is 2.44 bits per heavy atom. The Balaban J connectivity index is 2.09. The number of hydrogen-bond donors (Lipinski definition) is 3. The zero-order chi connectivity index (χ0) is 23.6. The highest BCUT2D eigenvalue weighted by Crippen LogP contribution is 2.19. The molecule has 3 N–H and O–H groups in total. The number of hydrogen-bond acceptors (Lipinski definition) is 6. The van der Waals surface area contributed by atoms with E-state index in [1.54, 1.807) is 43.1 Å². The lowest BCUT2D eigenvalue weighted by molar-refractivity contribution is 0.0473. The Morgan fingerprint density at radius 2 is 1.84 bits per heavy atom. The van der Waals surface area contributed by atoms with Crippen LogP contribution in [0.1, 0.15) is 54.6 Å². The lowest BCUT2D eigenvalue weighted by Crippen LogP contribution is -2.47. The normalized spacial score (nSPS) is 12.1. The second-order valence-corrected chi connectivity index (χ2v) is 10.3. The van der Waals surface area contributed by atoms with Crippen LogP contribution < -0.4 is 10.6 Å². The number of amides is 3. The van der Waals surface area contributed by atoms with Crippen molar-refractivity contribution in [3.8, 4) is 0 Å². The van der Waals surface area contributed by atoms with Crippen LogP contribution in [-0.2, 0) is 11.3 Å². The Morgan fingerprint density at radius 1 is 1.12 bits per heavy atom. The Hall–Kier alpha value is -2.59. The number of ether oxygens (including phenoxy) is 1. The van der Waals surface area contributed by atoms with Crippen LogP contribution in [0.25, 0.3) is 0 Å². The molecule has 3 amide bonds. The summed E-state index contributed by atoms with van der Waals surface area (Å²) in [5.41, 5.74) is -0.635. The third kappa shape index (κ3) is 9.69. The summed E-state index contributed by atoms with van der Waals surface area (Å²) in [5, 5.41) is 17.8. The quantitative estimate of drug-likeness (QED) is 0.400. The van der Waals surface area contributed by atoms with Gasteiger partial charge in [-0.05, 0) is 62.9 Å². The molecule has 0 spiro atoms. The molecule has 10 heteroatoms. The summed E-state index contributed by atoms with van der Waals surface area (Å²) in [4.78, 5) is 39.6. The molecule has 8 nitrogen and oxygen atoms in total. The molecule has 2 heterocycles. The van der Waals surface area contributed by atoms with Crippen LogP contribution >= 0.6 is 22.7 Å². The fourth-order valence-corrected chi connectivity index (χ4v) is 4.44.